The summed E-state index contributed by atoms with van der Waals surface area (Å²) in [7, 11) is 0. The molecule has 2 heterocycles. The van der Waals surface area contributed by atoms with Crippen molar-refractivity contribution in [1.29, 1.82) is 0 Å². The van der Waals surface area contributed by atoms with Crippen molar-refractivity contribution in [3.05, 3.63) is 53.6 Å². The van der Waals surface area contributed by atoms with Gasteiger partial charge >= 0.3 is 0 Å². The number of H-pyrrole nitrogens is 1. The smallest absolute Gasteiger partial charge is 0.295 e. The van der Waals surface area contributed by atoms with Gasteiger partial charge in [-0.05, 0) is 19.1 Å². The van der Waals surface area contributed by atoms with Crippen LogP contribution in [0.25, 0.3) is 5.69 Å². The number of halogens is 1. The molecule has 0 saturated carbocycles. The molecule has 0 unspecified atom stereocenters. The number of carbonyl (C=O) groups excluding carboxylic acids is 1. The number of aromatic nitrogens is 5. The van der Waals surface area contributed by atoms with E-state index in [0.29, 0.717) is 22.2 Å². The van der Waals surface area contributed by atoms with Crippen LogP contribution in [-0.2, 0) is 0 Å². The third-order valence-electron chi connectivity index (χ3n) is 2.80. The van der Waals surface area contributed by atoms with Crippen molar-refractivity contribution in [2.45, 2.75) is 6.92 Å². The normalized spacial score (nSPS) is 10.6. The lowest BCUT2D eigenvalue weighted by atomic mass is 10.2. The lowest BCUT2D eigenvalue weighted by Gasteiger charge is -2.12. The van der Waals surface area contributed by atoms with Gasteiger partial charge in [0.15, 0.2) is 0 Å². The molecule has 7 nitrogen and oxygen atoms in total. The Morgan fingerprint density at radius 1 is 1.43 bits per heavy atom. The number of rotatable bonds is 3. The van der Waals surface area contributed by atoms with Gasteiger partial charge < -0.3 is 9.88 Å². The molecule has 3 aromatic rings. The van der Waals surface area contributed by atoms with Crippen molar-refractivity contribution in [2.75, 3.05) is 5.32 Å². The fourth-order valence-corrected chi connectivity index (χ4v) is 2.16. The SMILES string of the molecule is Cc1nc(C(=O)Nc2cccc(Cl)c2-n2ccnc2)n[nH]1. The Morgan fingerprint density at radius 2 is 2.29 bits per heavy atom. The molecule has 0 atom stereocenters. The molecule has 21 heavy (non-hydrogen) atoms. The Bertz CT molecular complexity index is 780. The maximum atomic E-state index is 12.1. The highest BCUT2D eigenvalue weighted by molar-refractivity contribution is 6.33. The van der Waals surface area contributed by atoms with E-state index >= 15 is 0 Å². The Morgan fingerprint density at radius 3 is 2.95 bits per heavy atom. The molecule has 3 rings (SSSR count). The summed E-state index contributed by atoms with van der Waals surface area (Å²) < 4.78 is 1.72. The molecule has 0 bridgehead atoms. The zero-order valence-electron chi connectivity index (χ0n) is 11.0. The highest BCUT2D eigenvalue weighted by Gasteiger charge is 2.15. The molecule has 0 aliphatic rings. The fraction of sp³-hybridized carbons (Fsp3) is 0.0769. The van der Waals surface area contributed by atoms with E-state index in [9.17, 15) is 4.79 Å². The van der Waals surface area contributed by atoms with Crippen molar-refractivity contribution in [3.63, 3.8) is 0 Å². The summed E-state index contributed by atoms with van der Waals surface area (Å²) in [5, 5.41) is 9.70. The van der Waals surface area contributed by atoms with Gasteiger partial charge in [0, 0.05) is 12.4 Å². The van der Waals surface area contributed by atoms with Crippen LogP contribution in [0.2, 0.25) is 5.02 Å². The van der Waals surface area contributed by atoms with Gasteiger partial charge in [0.1, 0.15) is 5.82 Å². The number of benzene rings is 1. The van der Waals surface area contributed by atoms with Gasteiger partial charge in [0.25, 0.3) is 5.91 Å². The minimum absolute atomic E-state index is 0.0732. The van der Waals surface area contributed by atoms with E-state index in [1.165, 1.54) is 0 Å². The van der Waals surface area contributed by atoms with Gasteiger partial charge in [-0.15, -0.1) is 5.10 Å². The number of hydrogen-bond acceptors (Lipinski definition) is 4. The maximum absolute atomic E-state index is 12.1. The van der Waals surface area contributed by atoms with Crippen LogP contribution in [0.4, 0.5) is 5.69 Å². The third-order valence-corrected chi connectivity index (χ3v) is 3.10. The second-order valence-electron chi connectivity index (χ2n) is 4.30. The van der Waals surface area contributed by atoms with Crippen LogP contribution in [0.1, 0.15) is 16.4 Å². The van der Waals surface area contributed by atoms with E-state index in [0.717, 1.165) is 0 Å². The molecule has 1 aromatic carbocycles. The van der Waals surface area contributed by atoms with Crippen molar-refractivity contribution in [1.82, 2.24) is 24.7 Å². The molecule has 1 amide bonds. The van der Waals surface area contributed by atoms with Crippen LogP contribution >= 0.6 is 11.6 Å². The standard InChI is InChI=1S/C13H11ClN6O/c1-8-16-12(19-18-8)13(21)17-10-4-2-3-9(14)11(10)20-6-5-15-7-20/h2-7H,1H3,(H,17,21)(H,16,18,19). The molecule has 0 aliphatic carbocycles. The number of carbonyl (C=O) groups is 1. The molecule has 0 saturated heterocycles. The van der Waals surface area contributed by atoms with Crippen LogP contribution in [0, 0.1) is 6.92 Å². The lowest BCUT2D eigenvalue weighted by molar-refractivity contribution is 0.101. The largest absolute Gasteiger partial charge is 0.317 e. The summed E-state index contributed by atoms with van der Waals surface area (Å²) in [6.07, 6.45) is 4.98. The van der Waals surface area contributed by atoms with E-state index in [-0.39, 0.29) is 5.82 Å². The summed E-state index contributed by atoms with van der Waals surface area (Å²) in [4.78, 5) is 20.1. The third kappa shape index (κ3) is 2.63. The van der Waals surface area contributed by atoms with Gasteiger partial charge in [-0.3, -0.25) is 9.89 Å². The van der Waals surface area contributed by atoms with E-state index in [1.807, 2.05) is 0 Å². The Kier molecular flexibility index (Phi) is 3.41. The summed E-state index contributed by atoms with van der Waals surface area (Å²) in [6, 6.07) is 5.24. The molecular formula is C13H11ClN6O. The topological polar surface area (TPSA) is 88.5 Å². The summed E-state index contributed by atoms with van der Waals surface area (Å²) in [6.45, 7) is 1.72. The molecule has 8 heteroatoms. The minimum atomic E-state index is -0.414. The summed E-state index contributed by atoms with van der Waals surface area (Å²) in [5.41, 5.74) is 1.19. The minimum Gasteiger partial charge on any atom is -0.317 e. The zero-order valence-corrected chi connectivity index (χ0v) is 11.8. The number of amides is 1. The van der Waals surface area contributed by atoms with E-state index in [2.05, 4.69) is 25.5 Å². The number of aromatic amines is 1. The zero-order chi connectivity index (χ0) is 14.8. The number of imidazole rings is 1. The van der Waals surface area contributed by atoms with Crippen molar-refractivity contribution < 1.29 is 4.79 Å². The molecule has 0 fully saturated rings. The molecule has 0 aliphatic heterocycles. The van der Waals surface area contributed by atoms with Gasteiger partial charge in [0.2, 0.25) is 5.82 Å². The Balaban J connectivity index is 1.96. The molecule has 106 valence electrons. The highest BCUT2D eigenvalue weighted by Crippen LogP contribution is 2.28. The first-order chi connectivity index (χ1) is 10.1. The molecular weight excluding hydrogens is 292 g/mol. The molecule has 0 radical (unpaired) electrons. The molecule has 0 spiro atoms. The van der Waals surface area contributed by atoms with Gasteiger partial charge in [-0.25, -0.2) is 9.97 Å². The Labute approximate surface area is 125 Å². The van der Waals surface area contributed by atoms with Gasteiger partial charge in [-0.2, -0.15) is 0 Å². The van der Waals surface area contributed by atoms with E-state index in [4.69, 9.17) is 11.6 Å². The predicted octanol–water partition coefficient (Wildman–Crippen LogP) is 2.20. The van der Waals surface area contributed by atoms with Gasteiger partial charge in [0.05, 0.1) is 22.7 Å². The first kappa shape index (κ1) is 13.3. The second-order valence-corrected chi connectivity index (χ2v) is 4.71. The monoisotopic (exact) mass is 302 g/mol. The first-order valence-corrected chi connectivity index (χ1v) is 6.50. The quantitative estimate of drug-likeness (QED) is 0.776. The predicted molar refractivity (Wildman–Crippen MR) is 77.6 cm³/mol. The average molecular weight is 303 g/mol. The average Bonchev–Trinajstić information content (AvgIpc) is 3.10. The number of nitrogens with one attached hydrogen (secondary N) is 2. The van der Waals surface area contributed by atoms with Crippen LogP contribution < -0.4 is 5.32 Å². The first-order valence-electron chi connectivity index (χ1n) is 6.12. The number of para-hydroxylation sites is 1. The maximum Gasteiger partial charge on any atom is 0.295 e. The Hall–Kier alpha value is -2.67. The van der Waals surface area contributed by atoms with Gasteiger partial charge in [-0.1, -0.05) is 17.7 Å². The van der Waals surface area contributed by atoms with Crippen molar-refractivity contribution in [2.24, 2.45) is 0 Å². The van der Waals surface area contributed by atoms with Crippen molar-refractivity contribution >= 4 is 23.2 Å². The number of aryl methyl sites for hydroxylation is 1. The lowest BCUT2D eigenvalue weighted by Crippen LogP contribution is -2.15. The van der Waals surface area contributed by atoms with Crippen LogP contribution in [-0.4, -0.2) is 30.6 Å². The highest BCUT2D eigenvalue weighted by atomic mass is 35.5. The number of anilines is 1. The van der Waals surface area contributed by atoms with Crippen LogP contribution in [0.3, 0.4) is 0 Å². The van der Waals surface area contributed by atoms with E-state index in [1.54, 1.807) is 48.4 Å². The van der Waals surface area contributed by atoms with Crippen LogP contribution in [0.5, 0.6) is 0 Å². The van der Waals surface area contributed by atoms with Crippen molar-refractivity contribution in [3.8, 4) is 5.69 Å². The molecule has 2 N–H and O–H groups in total. The number of nitrogens with zero attached hydrogens (tertiary/aromatic N) is 4. The molecule has 2 aromatic heterocycles. The van der Waals surface area contributed by atoms with E-state index < -0.39 is 5.91 Å². The number of hydrogen-bond donors (Lipinski definition) is 2. The second kappa shape index (κ2) is 5.37. The summed E-state index contributed by atoms with van der Waals surface area (Å²) in [5.74, 6) is 0.230. The van der Waals surface area contributed by atoms with Crippen LogP contribution in [0.15, 0.2) is 36.9 Å². The summed E-state index contributed by atoms with van der Waals surface area (Å²) >= 11 is 6.22. The fourth-order valence-electron chi connectivity index (χ4n) is 1.89.